The van der Waals surface area contributed by atoms with Gasteiger partial charge in [0.15, 0.2) is 11.3 Å². The number of halogens is 1. The maximum Gasteiger partial charge on any atom is 0.292 e. The molecular weight excluding hydrogens is 316 g/mol. The van der Waals surface area contributed by atoms with E-state index in [-0.39, 0.29) is 11.4 Å². The van der Waals surface area contributed by atoms with Crippen molar-refractivity contribution in [2.24, 2.45) is 0 Å². The third-order valence-electron chi connectivity index (χ3n) is 4.02. The van der Waals surface area contributed by atoms with E-state index in [1.165, 1.54) is 16.9 Å². The Morgan fingerprint density at radius 2 is 2.09 bits per heavy atom. The highest BCUT2D eigenvalue weighted by atomic mass is 35.5. The highest BCUT2D eigenvalue weighted by molar-refractivity contribution is 6.31. The number of nitrogens with zero attached hydrogens (tertiary/aromatic N) is 3. The van der Waals surface area contributed by atoms with Crippen LogP contribution in [0.15, 0.2) is 30.6 Å². The molecule has 1 radical (unpaired) electrons. The molecule has 1 amide bonds. The molecule has 0 bridgehead atoms. The van der Waals surface area contributed by atoms with Crippen molar-refractivity contribution in [1.29, 1.82) is 0 Å². The van der Waals surface area contributed by atoms with Gasteiger partial charge >= 0.3 is 0 Å². The molecule has 7 heteroatoms. The average Bonchev–Trinajstić information content (AvgIpc) is 3.24. The molecule has 0 atom stereocenters. The highest BCUT2D eigenvalue weighted by Crippen LogP contribution is 2.43. The molecule has 0 aliphatic heterocycles. The molecule has 6 nitrogen and oxygen atoms in total. The molecular formula is C16H12ClN4O2. The van der Waals surface area contributed by atoms with E-state index in [1.54, 1.807) is 6.07 Å². The third kappa shape index (κ3) is 2.31. The second-order valence-electron chi connectivity index (χ2n) is 5.66. The summed E-state index contributed by atoms with van der Waals surface area (Å²) in [5.41, 5.74) is 10.1. The maximum absolute atomic E-state index is 11.4. The van der Waals surface area contributed by atoms with Crippen molar-refractivity contribution >= 4 is 23.2 Å². The number of aromatic hydroxyl groups is 1. The first-order valence-corrected chi connectivity index (χ1v) is 7.55. The summed E-state index contributed by atoms with van der Waals surface area (Å²) in [5.74, 6) is -0.788. The fourth-order valence-electron chi connectivity index (χ4n) is 2.81. The van der Waals surface area contributed by atoms with Crippen LogP contribution in [0.25, 0.3) is 16.8 Å². The molecule has 1 aliphatic rings. The fourth-order valence-corrected chi connectivity index (χ4v) is 3.06. The lowest BCUT2D eigenvalue weighted by Gasteiger charge is -2.10. The minimum Gasteiger partial charge on any atom is -0.505 e. The van der Waals surface area contributed by atoms with E-state index in [2.05, 4.69) is 10.1 Å². The zero-order valence-corrected chi connectivity index (χ0v) is 12.7. The van der Waals surface area contributed by atoms with Crippen LogP contribution in [0.5, 0.6) is 5.75 Å². The van der Waals surface area contributed by atoms with Crippen molar-refractivity contribution in [1.82, 2.24) is 20.3 Å². The number of benzene rings is 1. The van der Waals surface area contributed by atoms with Gasteiger partial charge in [-0.15, -0.1) is 0 Å². The predicted molar refractivity (Wildman–Crippen MR) is 84.5 cm³/mol. The second kappa shape index (κ2) is 4.96. The molecule has 0 saturated heterocycles. The topological polar surface area (TPSA) is 91.3 Å². The normalized spacial score (nSPS) is 14.3. The summed E-state index contributed by atoms with van der Waals surface area (Å²) in [5, 5.41) is 14.7. The van der Waals surface area contributed by atoms with Crippen molar-refractivity contribution in [3.05, 3.63) is 46.9 Å². The van der Waals surface area contributed by atoms with E-state index in [0.717, 1.165) is 24.0 Å². The number of carbonyl (C=O) groups excluding carboxylic acids is 1. The molecule has 2 heterocycles. The number of amides is 1. The SMILES string of the molecule is [NH]C(=O)c1c(O)cc(-c2cc(Cl)cc(C3CC3)c2)c2ncnn12. The summed E-state index contributed by atoms with van der Waals surface area (Å²) < 4.78 is 1.19. The van der Waals surface area contributed by atoms with Crippen LogP contribution in [-0.4, -0.2) is 25.6 Å². The Balaban J connectivity index is 1.98. The largest absolute Gasteiger partial charge is 0.505 e. The first-order chi connectivity index (χ1) is 11.0. The fraction of sp³-hybridized carbons (Fsp3) is 0.188. The Morgan fingerprint density at radius 3 is 2.78 bits per heavy atom. The lowest BCUT2D eigenvalue weighted by Crippen LogP contribution is -2.09. The maximum atomic E-state index is 11.4. The summed E-state index contributed by atoms with van der Waals surface area (Å²) in [6.45, 7) is 0. The number of aromatic nitrogens is 3. The Kier molecular flexibility index (Phi) is 3.02. The smallest absolute Gasteiger partial charge is 0.292 e. The summed E-state index contributed by atoms with van der Waals surface area (Å²) >= 11 is 6.23. The van der Waals surface area contributed by atoms with Gasteiger partial charge < -0.3 is 5.11 Å². The monoisotopic (exact) mass is 327 g/mol. The Morgan fingerprint density at radius 1 is 1.30 bits per heavy atom. The van der Waals surface area contributed by atoms with Gasteiger partial charge in [0.05, 0.1) is 0 Å². The van der Waals surface area contributed by atoms with E-state index >= 15 is 0 Å². The van der Waals surface area contributed by atoms with Gasteiger partial charge in [-0.1, -0.05) is 17.7 Å². The molecule has 0 spiro atoms. The number of pyridine rings is 1. The van der Waals surface area contributed by atoms with Crippen LogP contribution in [0, 0.1) is 0 Å². The van der Waals surface area contributed by atoms with Crippen LogP contribution >= 0.6 is 11.6 Å². The predicted octanol–water partition coefficient (Wildman–Crippen LogP) is 3.06. The standard InChI is InChI=1S/C16H12ClN4O2/c17-11-4-9(8-1-2-8)3-10(5-11)12-6-13(22)14(15(18)23)21-16(12)19-7-20-21/h3-8,18,22H,1-2H2. The molecule has 1 aliphatic carbocycles. The van der Waals surface area contributed by atoms with E-state index in [1.807, 2.05) is 12.1 Å². The molecule has 4 rings (SSSR count). The molecule has 0 unspecified atom stereocenters. The van der Waals surface area contributed by atoms with Crippen molar-refractivity contribution in [2.75, 3.05) is 0 Å². The number of rotatable bonds is 3. The van der Waals surface area contributed by atoms with Gasteiger partial charge in [0.2, 0.25) is 0 Å². The van der Waals surface area contributed by atoms with Crippen molar-refractivity contribution in [3.8, 4) is 16.9 Å². The summed E-state index contributed by atoms with van der Waals surface area (Å²) in [6, 6.07) is 7.20. The molecule has 2 N–H and O–H groups in total. The van der Waals surface area contributed by atoms with E-state index in [4.69, 9.17) is 17.3 Å². The van der Waals surface area contributed by atoms with Gasteiger partial charge in [-0.25, -0.2) is 9.50 Å². The molecule has 23 heavy (non-hydrogen) atoms. The average molecular weight is 328 g/mol. The molecule has 2 aromatic heterocycles. The number of nitrogens with one attached hydrogen (secondary N) is 1. The molecule has 1 saturated carbocycles. The van der Waals surface area contributed by atoms with Crippen LogP contribution in [0.4, 0.5) is 0 Å². The molecule has 115 valence electrons. The van der Waals surface area contributed by atoms with E-state index in [0.29, 0.717) is 22.2 Å². The lowest BCUT2D eigenvalue weighted by molar-refractivity contribution is 0.0982. The quantitative estimate of drug-likeness (QED) is 0.800. The zero-order valence-electron chi connectivity index (χ0n) is 12.0. The molecule has 1 aromatic carbocycles. The highest BCUT2D eigenvalue weighted by Gasteiger charge is 2.25. The van der Waals surface area contributed by atoms with Crippen LogP contribution in [0.3, 0.4) is 0 Å². The minimum atomic E-state index is -1.02. The lowest BCUT2D eigenvalue weighted by atomic mass is 10.0. The van der Waals surface area contributed by atoms with Gasteiger partial charge in [0, 0.05) is 10.6 Å². The van der Waals surface area contributed by atoms with Crippen molar-refractivity contribution < 1.29 is 9.90 Å². The molecule has 1 fully saturated rings. The number of carbonyl (C=O) groups is 1. The van der Waals surface area contributed by atoms with Gasteiger partial charge in [-0.05, 0) is 48.1 Å². The molecule has 3 aromatic rings. The van der Waals surface area contributed by atoms with E-state index in [9.17, 15) is 9.90 Å². The van der Waals surface area contributed by atoms with Crippen LogP contribution in [0.1, 0.15) is 34.8 Å². The third-order valence-corrected chi connectivity index (χ3v) is 4.24. The number of hydrogen-bond acceptors (Lipinski definition) is 4. The van der Waals surface area contributed by atoms with Gasteiger partial charge in [0.25, 0.3) is 5.91 Å². The van der Waals surface area contributed by atoms with Gasteiger partial charge in [0.1, 0.15) is 12.1 Å². The first kappa shape index (κ1) is 14.0. The summed E-state index contributed by atoms with van der Waals surface area (Å²) in [4.78, 5) is 15.6. The number of fused-ring (bicyclic) bond motifs is 1. The Hall–Kier alpha value is -2.60. The number of hydrogen-bond donors (Lipinski definition) is 1. The van der Waals surface area contributed by atoms with Crippen molar-refractivity contribution in [3.63, 3.8) is 0 Å². The minimum absolute atomic E-state index is 0.203. The summed E-state index contributed by atoms with van der Waals surface area (Å²) in [6.07, 6.45) is 3.59. The van der Waals surface area contributed by atoms with Gasteiger partial charge in [-0.3, -0.25) is 10.5 Å². The Bertz CT molecular complexity index is 947. The van der Waals surface area contributed by atoms with Crippen molar-refractivity contribution in [2.45, 2.75) is 18.8 Å². The van der Waals surface area contributed by atoms with Crippen LogP contribution < -0.4 is 5.73 Å². The van der Waals surface area contributed by atoms with Gasteiger partial charge in [-0.2, -0.15) is 5.10 Å². The zero-order chi connectivity index (χ0) is 16.1. The van der Waals surface area contributed by atoms with E-state index < -0.39 is 5.91 Å². The van der Waals surface area contributed by atoms with Crippen LogP contribution in [-0.2, 0) is 0 Å². The first-order valence-electron chi connectivity index (χ1n) is 7.17. The Labute approximate surface area is 136 Å². The second-order valence-corrected chi connectivity index (χ2v) is 6.10. The van der Waals surface area contributed by atoms with Crippen LogP contribution in [0.2, 0.25) is 5.02 Å². The summed E-state index contributed by atoms with van der Waals surface area (Å²) in [7, 11) is 0.